The molecule has 0 saturated carbocycles. The Balaban J connectivity index is 0.00000121. The maximum absolute atomic E-state index is 11.7. The first-order valence-corrected chi connectivity index (χ1v) is 3.24. The smallest absolute Gasteiger partial charge is 0.448 e. The Morgan fingerprint density at radius 3 is 2.42 bits per heavy atom. The van der Waals surface area contributed by atoms with E-state index in [-0.39, 0.29) is 56.4 Å². The fraction of sp³-hybridized carbons (Fsp3) is 0.250. The molecule has 0 bridgehead atoms. The van der Waals surface area contributed by atoms with Crippen molar-refractivity contribution in [2.45, 2.75) is 6.44 Å². The Labute approximate surface area is 115 Å². The number of nitrogens with zero attached hydrogens (tertiary/aromatic N) is 2. The molecule has 0 radical (unpaired) electrons. The van der Waals surface area contributed by atoms with Gasteiger partial charge in [-0.05, 0) is 0 Å². The van der Waals surface area contributed by atoms with Gasteiger partial charge in [0.05, 0.1) is 11.2 Å². The summed E-state index contributed by atoms with van der Waals surface area (Å²) in [6.07, 6.45) is 1.27. The molecule has 0 fully saturated rings. The molecule has 1 rings (SSSR count). The molecule has 0 aliphatic rings. The Bertz CT molecular complexity index is 251. The van der Waals surface area contributed by atoms with Gasteiger partial charge in [-0.1, -0.05) is 11.6 Å². The predicted molar refractivity (Wildman–Crippen MR) is 36.3 cm³/mol. The van der Waals surface area contributed by atoms with Crippen molar-refractivity contribution in [2.75, 3.05) is 0 Å². The van der Waals surface area contributed by atoms with Crippen LogP contribution in [0.1, 0.15) is 0 Å². The first-order valence-electron chi connectivity index (χ1n) is 2.86. The van der Waals surface area contributed by atoms with Crippen LogP contribution in [-0.2, 0) is 6.44 Å². The van der Waals surface area contributed by atoms with E-state index in [1.807, 2.05) is 0 Å². The van der Waals surface area contributed by atoms with Crippen LogP contribution in [0.5, 0.6) is 0 Å². The van der Waals surface area contributed by atoms with Crippen molar-refractivity contribution in [1.82, 2.24) is 9.78 Å². The number of aromatic nitrogens is 2. The molecular formula is C4H4BClF3KN2. The summed E-state index contributed by atoms with van der Waals surface area (Å²) < 4.78 is 35.9. The topological polar surface area (TPSA) is 17.8 Å². The van der Waals surface area contributed by atoms with Crippen molar-refractivity contribution in [3.63, 3.8) is 0 Å². The van der Waals surface area contributed by atoms with Gasteiger partial charge in [0, 0.05) is 12.6 Å². The summed E-state index contributed by atoms with van der Waals surface area (Å²) in [6.45, 7) is -4.83. The van der Waals surface area contributed by atoms with Gasteiger partial charge >= 0.3 is 58.4 Å². The van der Waals surface area contributed by atoms with E-state index < -0.39 is 13.4 Å². The maximum Gasteiger partial charge on any atom is 1.00 e. The van der Waals surface area contributed by atoms with Crippen molar-refractivity contribution in [3.05, 3.63) is 17.4 Å². The van der Waals surface area contributed by atoms with Crippen LogP contribution in [0.3, 0.4) is 0 Å². The van der Waals surface area contributed by atoms with E-state index in [9.17, 15) is 12.9 Å². The number of halogens is 4. The van der Waals surface area contributed by atoms with Gasteiger partial charge in [-0.15, -0.1) is 0 Å². The molecule has 1 aromatic rings. The van der Waals surface area contributed by atoms with Crippen molar-refractivity contribution >= 4 is 18.6 Å². The van der Waals surface area contributed by atoms with Crippen molar-refractivity contribution in [2.24, 2.45) is 0 Å². The van der Waals surface area contributed by atoms with Crippen molar-refractivity contribution in [3.8, 4) is 0 Å². The Kier molecular flexibility index (Phi) is 5.43. The molecular weight excluding hydrogens is 218 g/mol. The second-order valence-electron chi connectivity index (χ2n) is 2.09. The van der Waals surface area contributed by atoms with E-state index in [0.717, 1.165) is 10.9 Å². The van der Waals surface area contributed by atoms with Gasteiger partial charge in [0.25, 0.3) is 0 Å². The second kappa shape index (κ2) is 5.02. The zero-order valence-corrected chi connectivity index (χ0v) is 10.2. The van der Waals surface area contributed by atoms with E-state index in [4.69, 9.17) is 11.6 Å². The number of hydrogen-bond donors (Lipinski definition) is 0. The monoisotopic (exact) mass is 222 g/mol. The largest absolute Gasteiger partial charge is 1.00 e. The molecule has 0 atom stereocenters. The quantitative estimate of drug-likeness (QED) is 0.583. The SMILES string of the molecule is F[B-](F)(F)Cn1cc(Cl)cn1.[K+]. The van der Waals surface area contributed by atoms with Crippen LogP contribution in [0.25, 0.3) is 0 Å². The first kappa shape index (κ1) is 13.0. The van der Waals surface area contributed by atoms with Crippen LogP contribution >= 0.6 is 11.6 Å². The number of rotatable bonds is 2. The van der Waals surface area contributed by atoms with Crippen LogP contribution in [0.4, 0.5) is 12.9 Å². The van der Waals surface area contributed by atoms with Gasteiger partial charge in [-0.25, -0.2) is 0 Å². The molecule has 62 valence electrons. The van der Waals surface area contributed by atoms with E-state index >= 15 is 0 Å². The summed E-state index contributed by atoms with van der Waals surface area (Å²) in [5.41, 5.74) is 0. The summed E-state index contributed by atoms with van der Waals surface area (Å²) in [6, 6.07) is 0. The summed E-state index contributed by atoms with van der Waals surface area (Å²) in [5.74, 6) is 0. The van der Waals surface area contributed by atoms with Gasteiger partial charge in [0.2, 0.25) is 0 Å². The molecule has 0 amide bonds. The average molecular weight is 222 g/mol. The summed E-state index contributed by atoms with van der Waals surface area (Å²) >= 11 is 5.35. The number of hydrogen-bond acceptors (Lipinski definition) is 1. The van der Waals surface area contributed by atoms with Gasteiger partial charge in [0.1, 0.15) is 0 Å². The zero-order chi connectivity index (χ0) is 8.48. The molecule has 2 nitrogen and oxygen atoms in total. The van der Waals surface area contributed by atoms with Gasteiger partial charge in [0.15, 0.2) is 0 Å². The van der Waals surface area contributed by atoms with Crippen LogP contribution in [0.2, 0.25) is 5.02 Å². The summed E-state index contributed by atoms with van der Waals surface area (Å²) in [4.78, 5) is 0. The van der Waals surface area contributed by atoms with Crippen molar-refractivity contribution < 1.29 is 64.3 Å². The van der Waals surface area contributed by atoms with E-state index in [0.29, 0.717) is 0 Å². The molecule has 1 heterocycles. The van der Waals surface area contributed by atoms with Crippen LogP contribution < -0.4 is 51.4 Å². The maximum atomic E-state index is 11.7. The Morgan fingerprint density at radius 1 is 1.50 bits per heavy atom. The third kappa shape index (κ3) is 4.88. The molecule has 1 aromatic heterocycles. The molecule has 0 spiro atoms. The molecule has 0 aromatic carbocycles. The molecule has 0 unspecified atom stereocenters. The minimum atomic E-state index is -4.83. The Hall–Kier alpha value is 0.991. The second-order valence-corrected chi connectivity index (χ2v) is 2.53. The molecule has 0 N–H and O–H groups in total. The first-order chi connectivity index (χ1) is 4.97. The zero-order valence-electron chi connectivity index (χ0n) is 6.35. The molecule has 0 saturated heterocycles. The Morgan fingerprint density at radius 2 is 2.08 bits per heavy atom. The normalized spacial score (nSPS) is 11.0. The summed E-state index contributed by atoms with van der Waals surface area (Å²) in [5, 5.41) is 3.59. The van der Waals surface area contributed by atoms with Crippen LogP contribution in [0, 0.1) is 0 Å². The third-order valence-corrected chi connectivity index (χ3v) is 1.19. The van der Waals surface area contributed by atoms with Gasteiger partial charge in [-0.2, -0.15) is 5.10 Å². The molecule has 8 heteroatoms. The molecule has 0 aliphatic heterocycles. The van der Waals surface area contributed by atoms with Gasteiger partial charge in [-0.3, -0.25) is 4.68 Å². The average Bonchev–Trinajstić information content (AvgIpc) is 2.10. The van der Waals surface area contributed by atoms with Gasteiger partial charge < -0.3 is 12.9 Å². The molecule has 0 aliphatic carbocycles. The summed E-state index contributed by atoms with van der Waals surface area (Å²) in [7, 11) is 0. The predicted octanol–water partition coefficient (Wildman–Crippen LogP) is -1.07. The minimum Gasteiger partial charge on any atom is -0.448 e. The van der Waals surface area contributed by atoms with Crippen molar-refractivity contribution in [1.29, 1.82) is 0 Å². The fourth-order valence-electron chi connectivity index (χ4n) is 0.650. The minimum absolute atomic E-state index is 0. The fourth-order valence-corrected chi connectivity index (χ4v) is 0.807. The molecule has 12 heavy (non-hydrogen) atoms. The van der Waals surface area contributed by atoms with Crippen LogP contribution in [0.15, 0.2) is 12.4 Å². The van der Waals surface area contributed by atoms with E-state index in [1.54, 1.807) is 0 Å². The van der Waals surface area contributed by atoms with E-state index in [2.05, 4.69) is 5.10 Å². The standard InChI is InChI=1S/C4H4BClF3N2.K/c6-4-1-10-11(2-4)3-5(7,8)9;/h1-2H,3H2;/q-1;+1. The third-order valence-electron chi connectivity index (χ3n) is 0.996. The van der Waals surface area contributed by atoms with E-state index in [1.165, 1.54) is 6.20 Å². The van der Waals surface area contributed by atoms with Crippen LogP contribution in [-0.4, -0.2) is 16.8 Å².